The van der Waals surface area contributed by atoms with Crippen LogP contribution in [0, 0.1) is 46.3 Å². The third-order valence-electron chi connectivity index (χ3n) is 14.3. The average molecular weight is 687 g/mol. The van der Waals surface area contributed by atoms with Crippen LogP contribution in [-0.2, 0) is 0 Å². The van der Waals surface area contributed by atoms with Crippen molar-refractivity contribution in [1.29, 1.82) is 0 Å². The molecule has 4 aliphatic heterocycles. The minimum Gasteiger partial charge on any atom is -0.478 e. The van der Waals surface area contributed by atoms with Crippen LogP contribution in [-0.4, -0.2) is 61.9 Å². The molecule has 4 fully saturated rings. The van der Waals surface area contributed by atoms with Crippen molar-refractivity contribution >= 4 is 11.6 Å². The molecule has 8 nitrogen and oxygen atoms in total. The van der Waals surface area contributed by atoms with Gasteiger partial charge in [0.25, 0.3) is 0 Å². The molecule has 9 atom stereocenters. The monoisotopic (exact) mass is 687 g/mol. The van der Waals surface area contributed by atoms with Gasteiger partial charge in [-0.25, -0.2) is 0 Å². The van der Waals surface area contributed by atoms with Gasteiger partial charge in [-0.05, 0) is 155 Å². The van der Waals surface area contributed by atoms with E-state index in [-0.39, 0.29) is 6.10 Å². The van der Waals surface area contributed by atoms with E-state index in [9.17, 15) is 0 Å². The predicted octanol–water partition coefficient (Wildman–Crippen LogP) is 8.18. The Balaban J connectivity index is 0.993. The van der Waals surface area contributed by atoms with Crippen LogP contribution in [0.2, 0.25) is 0 Å². The zero-order valence-corrected chi connectivity index (χ0v) is 31.4. The fraction of sp³-hybridized carbons (Fsp3) is 0.762. The van der Waals surface area contributed by atoms with Gasteiger partial charge in [0.1, 0.15) is 17.7 Å². The Morgan fingerprint density at radius 3 is 2.06 bits per heavy atom. The van der Waals surface area contributed by atoms with Crippen molar-refractivity contribution in [1.82, 2.24) is 20.6 Å². The molecule has 0 unspecified atom stereocenters. The second kappa shape index (κ2) is 16.4. The number of aromatic nitrogens is 2. The normalized spacial score (nSPS) is 37.5. The zero-order valence-electron chi connectivity index (χ0n) is 31.4. The van der Waals surface area contributed by atoms with Crippen molar-refractivity contribution in [3.05, 3.63) is 36.4 Å². The Hall–Kier alpha value is -2.58. The zero-order chi connectivity index (χ0) is 34.4. The largest absolute Gasteiger partial charge is 0.478 e. The first-order valence-corrected chi connectivity index (χ1v) is 20.5. The first kappa shape index (κ1) is 35.8. The average Bonchev–Trinajstić information content (AvgIpc) is 3.48. The third kappa shape index (κ3) is 8.06. The van der Waals surface area contributed by atoms with Crippen LogP contribution in [0.1, 0.15) is 104 Å². The summed E-state index contributed by atoms with van der Waals surface area (Å²) < 4.78 is 12.8. The molecule has 8 aliphatic rings. The summed E-state index contributed by atoms with van der Waals surface area (Å²) in [6.45, 7) is 14.4. The minimum absolute atomic E-state index is 0.286. The molecule has 0 spiro atoms. The summed E-state index contributed by atoms with van der Waals surface area (Å²) >= 11 is 0. The van der Waals surface area contributed by atoms with Gasteiger partial charge in [-0.3, -0.25) is 0 Å². The van der Waals surface area contributed by atoms with Gasteiger partial charge >= 0.3 is 0 Å². The number of hydrogen-bond acceptors (Lipinski definition) is 8. The summed E-state index contributed by atoms with van der Waals surface area (Å²) in [5.41, 5.74) is 0.964. The summed E-state index contributed by atoms with van der Waals surface area (Å²) in [7, 11) is 0. The molecule has 50 heavy (non-hydrogen) atoms. The van der Waals surface area contributed by atoms with Crippen LogP contribution in [0.3, 0.4) is 0 Å². The molecule has 0 aromatic carbocycles. The van der Waals surface area contributed by atoms with E-state index in [1.54, 1.807) is 0 Å². The SMILES string of the molecule is C[C@@H]1CCCOc2cccc(n2)NCCCNCCNCCCNc2cccc(n2)O[C@H]2CC[C@@]3(C)[C@H](CC[C@@H]4[C@@H]3CC[C@]3(C)[C@@H]1CC[C@@H]43)C2. The maximum Gasteiger partial charge on any atom is 0.215 e. The van der Waals surface area contributed by atoms with Gasteiger partial charge in [-0.2, -0.15) is 9.97 Å². The smallest absolute Gasteiger partial charge is 0.215 e. The second-order valence-corrected chi connectivity index (χ2v) is 17.2. The Bertz CT molecular complexity index is 1380. The summed E-state index contributed by atoms with van der Waals surface area (Å²) in [4.78, 5) is 9.60. The maximum absolute atomic E-state index is 6.63. The Morgan fingerprint density at radius 1 is 0.640 bits per heavy atom. The van der Waals surface area contributed by atoms with Crippen molar-refractivity contribution in [2.75, 3.05) is 56.5 Å². The Kier molecular flexibility index (Phi) is 11.7. The highest BCUT2D eigenvalue weighted by molar-refractivity contribution is 5.37. The van der Waals surface area contributed by atoms with Crippen LogP contribution in [0.4, 0.5) is 11.6 Å². The molecule has 6 heterocycles. The highest BCUT2D eigenvalue weighted by Gasteiger charge is 2.60. The van der Waals surface area contributed by atoms with E-state index in [2.05, 4.69) is 66.3 Å². The van der Waals surface area contributed by atoms with Crippen molar-refractivity contribution in [2.45, 2.75) is 110 Å². The quantitative estimate of drug-likeness (QED) is 0.221. The highest BCUT2D eigenvalue weighted by Crippen LogP contribution is 2.68. The van der Waals surface area contributed by atoms with Crippen molar-refractivity contribution in [3.8, 4) is 11.8 Å². The van der Waals surface area contributed by atoms with E-state index in [1.165, 1.54) is 57.8 Å². The first-order chi connectivity index (χ1) is 24.4. The second-order valence-electron chi connectivity index (χ2n) is 17.2. The van der Waals surface area contributed by atoms with Crippen molar-refractivity contribution in [2.24, 2.45) is 46.3 Å². The van der Waals surface area contributed by atoms with E-state index in [0.717, 1.165) is 130 Å². The molecular weight excluding hydrogens is 621 g/mol. The number of ether oxygens (including phenoxy) is 2. The molecule has 2 aromatic heterocycles. The van der Waals surface area contributed by atoms with Gasteiger partial charge in [-0.15, -0.1) is 0 Å². The maximum atomic E-state index is 6.63. The number of hydrogen-bond donors (Lipinski definition) is 4. The van der Waals surface area contributed by atoms with Gasteiger partial charge < -0.3 is 30.7 Å². The summed E-state index contributed by atoms with van der Waals surface area (Å²) in [5, 5.41) is 14.1. The van der Waals surface area contributed by atoms with Crippen LogP contribution >= 0.6 is 0 Å². The third-order valence-corrected chi connectivity index (χ3v) is 14.3. The molecule has 0 saturated heterocycles. The van der Waals surface area contributed by atoms with Crippen LogP contribution in [0.25, 0.3) is 0 Å². The number of nitrogens with one attached hydrogen (secondary N) is 4. The van der Waals surface area contributed by atoms with Crippen molar-refractivity contribution in [3.63, 3.8) is 0 Å². The molecule has 4 N–H and O–H groups in total. The van der Waals surface area contributed by atoms with Crippen LogP contribution < -0.4 is 30.7 Å². The van der Waals surface area contributed by atoms with Crippen LogP contribution in [0.5, 0.6) is 11.8 Å². The Morgan fingerprint density at radius 2 is 1.30 bits per heavy atom. The number of rotatable bonds is 0. The molecule has 2 aromatic rings. The Labute approximate surface area is 302 Å². The molecule has 8 heteroatoms. The van der Waals surface area contributed by atoms with E-state index >= 15 is 0 Å². The highest BCUT2D eigenvalue weighted by atomic mass is 16.5. The number of nitrogens with zero attached hydrogens (tertiary/aromatic N) is 2. The fourth-order valence-corrected chi connectivity index (χ4v) is 11.7. The lowest BCUT2D eigenvalue weighted by Crippen LogP contribution is -2.54. The van der Waals surface area contributed by atoms with Crippen LogP contribution in [0.15, 0.2) is 36.4 Å². The van der Waals surface area contributed by atoms with Gasteiger partial charge in [0.05, 0.1) is 6.61 Å². The minimum atomic E-state index is 0.286. The molecular formula is C42H66N6O2. The number of pyridine rings is 2. The lowest BCUT2D eigenvalue weighted by Gasteiger charge is -2.61. The standard InChI is InChI=1S/C42H66N6O2/c1-30-9-6-28-49-39-12-4-10-37(47-39)45-24-7-22-43-26-27-44-23-8-25-46-38-11-5-13-40(48-38)50-32-18-20-41(2)31(29-32)14-15-33-35-17-16-34(30)42(35,3)21-19-36(33)41/h4-5,10-13,30-36,43-44H,6-9,14-29H2,1-3H3,(H,45,47)(H,46,48)/t30-,31-,32+,33+,34-,35+,36+,41+,42-/m1/s1. The van der Waals surface area contributed by atoms with Crippen molar-refractivity contribution < 1.29 is 9.47 Å². The predicted molar refractivity (Wildman–Crippen MR) is 204 cm³/mol. The van der Waals surface area contributed by atoms with Gasteiger partial charge in [0.2, 0.25) is 11.8 Å². The lowest BCUT2D eigenvalue weighted by atomic mass is 9.44. The topological polar surface area (TPSA) is 92.4 Å². The molecule has 10 rings (SSSR count). The van der Waals surface area contributed by atoms with Gasteiger partial charge in [0, 0.05) is 38.3 Å². The van der Waals surface area contributed by atoms with E-state index < -0.39 is 0 Å². The van der Waals surface area contributed by atoms with Gasteiger partial charge in [0.15, 0.2) is 0 Å². The summed E-state index contributed by atoms with van der Waals surface area (Å²) in [5.74, 6) is 8.41. The molecule has 4 saturated carbocycles. The summed E-state index contributed by atoms with van der Waals surface area (Å²) in [6, 6.07) is 12.3. The van der Waals surface area contributed by atoms with E-state index in [4.69, 9.17) is 19.4 Å². The van der Waals surface area contributed by atoms with Gasteiger partial charge in [-0.1, -0.05) is 32.9 Å². The molecule has 4 aliphatic carbocycles. The van der Waals surface area contributed by atoms with E-state index in [0.29, 0.717) is 10.8 Å². The molecule has 0 radical (unpaired) electrons. The number of anilines is 2. The molecule has 0 amide bonds. The molecule has 12 bridgehead atoms. The molecule has 276 valence electrons. The summed E-state index contributed by atoms with van der Waals surface area (Å²) in [6.07, 6.45) is 16.9. The van der Waals surface area contributed by atoms with E-state index in [1.807, 2.05) is 12.1 Å². The first-order valence-electron chi connectivity index (χ1n) is 20.5. The lowest BCUT2D eigenvalue weighted by molar-refractivity contribution is -0.127. The fourth-order valence-electron chi connectivity index (χ4n) is 11.7.